The predicted molar refractivity (Wildman–Crippen MR) is 119 cm³/mol. The fourth-order valence-corrected chi connectivity index (χ4v) is 4.11. The fourth-order valence-electron chi connectivity index (χ4n) is 4.11. The second-order valence-corrected chi connectivity index (χ2v) is 8.27. The van der Waals surface area contributed by atoms with E-state index in [4.69, 9.17) is 16.7 Å². The Morgan fingerprint density at radius 2 is 2.21 bits per heavy atom. The number of hydrogen-bond acceptors (Lipinski definition) is 7. The summed E-state index contributed by atoms with van der Waals surface area (Å²) in [5.41, 5.74) is 4.94. The Bertz CT molecular complexity index is 1580. The van der Waals surface area contributed by atoms with Crippen LogP contribution in [0.25, 0.3) is 16.9 Å². The third-order valence-corrected chi connectivity index (χ3v) is 6.13. The van der Waals surface area contributed by atoms with E-state index in [1.165, 1.54) is 28.0 Å². The molecule has 0 aromatic carbocycles. The number of rotatable bonds is 6. The monoisotopic (exact) mass is 455 g/mol. The molecule has 170 valence electrons. The average molecular weight is 456 g/mol. The number of aryl methyl sites for hydroxylation is 1. The van der Waals surface area contributed by atoms with E-state index < -0.39 is 49.4 Å². The number of aromatic nitrogens is 5. The maximum absolute atomic E-state index is 13.2. The Hall–Kier alpha value is -3.94. The van der Waals surface area contributed by atoms with Crippen LogP contribution in [0.5, 0.6) is 0 Å². The lowest BCUT2D eigenvalue weighted by molar-refractivity contribution is -0.134. The van der Waals surface area contributed by atoms with E-state index in [0.29, 0.717) is 18.4 Å². The van der Waals surface area contributed by atoms with Crippen molar-refractivity contribution in [2.45, 2.75) is 32.1 Å². The normalized spacial score (nSPS) is 26.0. The van der Waals surface area contributed by atoms with E-state index in [9.17, 15) is 14.9 Å². The van der Waals surface area contributed by atoms with Crippen LogP contribution in [-0.4, -0.2) is 60.2 Å². The van der Waals surface area contributed by atoms with Crippen LogP contribution >= 0.6 is 0 Å². The van der Waals surface area contributed by atoms with Crippen LogP contribution in [0.1, 0.15) is 47.4 Å². The minimum absolute atomic E-state index is 0.0222. The highest BCUT2D eigenvalue weighted by molar-refractivity contribution is 6.01. The molecule has 3 N–H and O–H groups in total. The minimum Gasteiger partial charge on any atom is -0.376 e. The number of anilines is 1. The molecule has 1 unspecified atom stereocenters. The molecule has 11 heteroatoms. The fraction of sp³-hybridized carbons (Fsp3) is 0.455. The molecule has 1 aliphatic carbocycles. The van der Waals surface area contributed by atoms with Gasteiger partial charge in [-0.2, -0.15) is 15.5 Å². The van der Waals surface area contributed by atoms with Crippen molar-refractivity contribution in [3.05, 3.63) is 30.4 Å². The molecule has 2 atom stereocenters. The van der Waals surface area contributed by atoms with Gasteiger partial charge in [-0.3, -0.25) is 14.3 Å². The van der Waals surface area contributed by atoms with E-state index in [-0.39, 0.29) is 35.7 Å². The van der Waals surface area contributed by atoms with Crippen LogP contribution in [-0.2, 0) is 11.8 Å². The highest BCUT2D eigenvalue weighted by atomic mass is 16.2. The van der Waals surface area contributed by atoms with E-state index in [1.807, 2.05) is 6.07 Å². The number of nitrogens with zero attached hydrogens (tertiary/aromatic N) is 7. The molecule has 1 saturated carbocycles. The smallest absolute Gasteiger partial charge is 0.252 e. The van der Waals surface area contributed by atoms with Crippen molar-refractivity contribution in [1.29, 1.82) is 5.26 Å². The molecule has 5 rings (SSSR count). The Morgan fingerprint density at radius 1 is 1.36 bits per heavy atom. The zero-order chi connectivity index (χ0) is 30.1. The van der Waals surface area contributed by atoms with Gasteiger partial charge in [0.25, 0.3) is 5.91 Å². The SMILES string of the molecule is [2H]C([2H])([2H])n1cc(-c2cn3ncc(C(N)=O)c(N[C@@H]4CN(C(=O)C5(C#N)CC5)CC4C([2H])([2H])C([2H])([2H])[2H])c3n2)cn1. The molecular weight excluding hydrogens is 422 g/mol. The molecule has 1 aliphatic heterocycles. The Labute approximate surface area is 201 Å². The van der Waals surface area contributed by atoms with Crippen molar-refractivity contribution in [1.82, 2.24) is 29.3 Å². The number of hydrogen-bond donors (Lipinski definition) is 2. The van der Waals surface area contributed by atoms with Crippen LogP contribution in [0, 0.1) is 22.7 Å². The number of nitrogens with one attached hydrogen (secondary N) is 1. The van der Waals surface area contributed by atoms with Crippen LogP contribution in [0.15, 0.2) is 24.8 Å². The first-order valence-corrected chi connectivity index (χ1v) is 10.2. The second-order valence-electron chi connectivity index (χ2n) is 8.27. The predicted octanol–water partition coefficient (Wildman–Crippen LogP) is 1.18. The van der Waals surface area contributed by atoms with Gasteiger partial charge in [0, 0.05) is 48.8 Å². The molecule has 0 radical (unpaired) electrons. The van der Waals surface area contributed by atoms with Gasteiger partial charge in [-0.1, -0.05) is 6.85 Å². The number of amides is 2. The highest BCUT2D eigenvalue weighted by Crippen LogP contribution is 2.47. The minimum atomic E-state index is -3.05. The first kappa shape index (κ1) is 13.6. The molecule has 0 bridgehead atoms. The number of carbonyl (C=O) groups excluding carboxylic acids is 2. The van der Waals surface area contributed by atoms with Crippen LogP contribution in [0.4, 0.5) is 5.69 Å². The summed E-state index contributed by atoms with van der Waals surface area (Å²) in [5, 5.41) is 20.5. The van der Waals surface area contributed by atoms with Crippen molar-refractivity contribution in [3.63, 3.8) is 0 Å². The lowest BCUT2D eigenvalue weighted by Crippen LogP contribution is -2.36. The first-order valence-electron chi connectivity index (χ1n) is 14.2. The quantitative estimate of drug-likeness (QED) is 0.567. The summed E-state index contributed by atoms with van der Waals surface area (Å²) >= 11 is 0. The molecule has 11 nitrogen and oxygen atoms in total. The zero-order valence-electron chi connectivity index (χ0n) is 25.3. The summed E-state index contributed by atoms with van der Waals surface area (Å²) in [4.78, 5) is 31.3. The highest BCUT2D eigenvalue weighted by Gasteiger charge is 2.54. The average Bonchev–Trinajstić information content (AvgIpc) is 3.23. The Balaban J connectivity index is 1.57. The van der Waals surface area contributed by atoms with Crippen molar-refractivity contribution in [2.24, 2.45) is 24.0 Å². The van der Waals surface area contributed by atoms with Gasteiger partial charge in [0.05, 0.1) is 41.6 Å². The first-order chi connectivity index (χ1) is 19.0. The van der Waals surface area contributed by atoms with Crippen molar-refractivity contribution >= 4 is 23.1 Å². The van der Waals surface area contributed by atoms with E-state index >= 15 is 0 Å². The molecule has 2 amide bonds. The topological polar surface area (TPSA) is 147 Å². The van der Waals surface area contributed by atoms with Crippen molar-refractivity contribution in [3.8, 4) is 17.3 Å². The van der Waals surface area contributed by atoms with Gasteiger partial charge in [-0.25, -0.2) is 9.50 Å². The molecule has 1 saturated heterocycles. The number of fused-ring (bicyclic) bond motifs is 1. The maximum Gasteiger partial charge on any atom is 0.252 e. The molecule has 0 spiro atoms. The van der Waals surface area contributed by atoms with Gasteiger partial charge in [0.2, 0.25) is 5.91 Å². The molecule has 2 aliphatic rings. The largest absolute Gasteiger partial charge is 0.376 e. The number of carbonyl (C=O) groups is 2. The Morgan fingerprint density at radius 3 is 2.88 bits per heavy atom. The van der Waals surface area contributed by atoms with Crippen molar-refractivity contribution < 1.29 is 20.6 Å². The molecule has 4 heterocycles. The van der Waals surface area contributed by atoms with Gasteiger partial charge in [-0.05, 0) is 25.1 Å². The zero-order valence-corrected chi connectivity index (χ0v) is 17.3. The van der Waals surface area contributed by atoms with Crippen LogP contribution < -0.4 is 11.1 Å². The van der Waals surface area contributed by atoms with Gasteiger partial charge in [0.1, 0.15) is 5.41 Å². The Kier molecular flexibility index (Phi) is 3.12. The second kappa shape index (κ2) is 7.58. The molecule has 3 aromatic heterocycles. The van der Waals surface area contributed by atoms with Gasteiger partial charge < -0.3 is 16.0 Å². The summed E-state index contributed by atoms with van der Waals surface area (Å²) in [6.07, 6.45) is 3.14. The molecular formula is C22H25N9O2. The van der Waals surface area contributed by atoms with Gasteiger partial charge in [-0.15, -0.1) is 0 Å². The van der Waals surface area contributed by atoms with E-state index in [0.717, 1.165) is 10.9 Å². The van der Waals surface area contributed by atoms with Gasteiger partial charge in [0.15, 0.2) is 5.65 Å². The lowest BCUT2D eigenvalue weighted by atomic mass is 10.0. The van der Waals surface area contributed by atoms with E-state index in [1.54, 1.807) is 0 Å². The summed E-state index contributed by atoms with van der Waals surface area (Å²) in [6, 6.07) is 0.992. The number of likely N-dealkylation sites (tertiary alicyclic amines) is 1. The number of primary amides is 1. The summed E-state index contributed by atoms with van der Waals surface area (Å²) in [5.74, 6) is -2.67. The summed E-state index contributed by atoms with van der Waals surface area (Å²) < 4.78 is 65.1. The van der Waals surface area contributed by atoms with E-state index in [2.05, 4.69) is 20.5 Å². The maximum atomic E-state index is 13.2. The van der Waals surface area contributed by atoms with Gasteiger partial charge >= 0.3 is 0 Å². The standard InChI is InChI=1S/C22H25N9O2/c1-3-13-9-30(21(33)22(12-23)4-5-22)10-16(13)27-18-15(19(24)32)7-26-31-11-17(28-20(18)31)14-6-25-29(2)8-14/h6-8,11,13,16,27H,3-5,9-10H2,1-2H3,(H2,24,32)/t13?,16-/m1/s1/i1D3,2D3,3D2. The van der Waals surface area contributed by atoms with Crippen LogP contribution in [0.2, 0.25) is 0 Å². The molecule has 2 fully saturated rings. The molecule has 3 aromatic rings. The number of imidazole rings is 1. The number of nitriles is 1. The summed E-state index contributed by atoms with van der Waals surface area (Å²) in [6.45, 7) is -5.98. The number of nitrogens with two attached hydrogens (primary N) is 1. The summed E-state index contributed by atoms with van der Waals surface area (Å²) in [7, 11) is 0. The van der Waals surface area contributed by atoms with Crippen LogP contribution in [0.3, 0.4) is 0 Å². The third kappa shape index (κ3) is 3.47. The van der Waals surface area contributed by atoms with Crippen molar-refractivity contribution in [2.75, 3.05) is 18.4 Å². The third-order valence-electron chi connectivity index (χ3n) is 6.13. The lowest BCUT2D eigenvalue weighted by Gasteiger charge is -2.21. The molecule has 33 heavy (non-hydrogen) atoms.